The van der Waals surface area contributed by atoms with Crippen LogP contribution in [0.3, 0.4) is 0 Å². The number of aliphatic hydroxyl groups is 1. The summed E-state index contributed by atoms with van der Waals surface area (Å²) in [6.45, 7) is 0.0567. The number of likely N-dealkylation sites (tertiary alicyclic amines) is 1. The molecule has 2 aromatic carbocycles. The highest BCUT2D eigenvalue weighted by Gasteiger charge is 2.40. The summed E-state index contributed by atoms with van der Waals surface area (Å²) in [6.07, 6.45) is -3.80. The molecular formula is C20H19ClF3NO3. The SMILES string of the molecule is O=C(c1ccccc1C(F)(F)F)N1CCCC(O)(COc2cccc(Cl)c2)C1. The molecule has 1 heterocycles. The van der Waals surface area contributed by atoms with Crippen molar-refractivity contribution in [3.8, 4) is 5.75 Å². The number of halogens is 4. The van der Waals surface area contributed by atoms with Crippen molar-refractivity contribution in [2.45, 2.75) is 24.6 Å². The van der Waals surface area contributed by atoms with E-state index in [0.29, 0.717) is 23.6 Å². The number of β-amino-alcohol motifs (C(OH)–C–C–N with tert-alkyl or cyclic N) is 1. The molecule has 1 N–H and O–H groups in total. The van der Waals surface area contributed by atoms with Gasteiger partial charge in [0.25, 0.3) is 5.91 Å². The second-order valence-electron chi connectivity index (χ2n) is 6.84. The minimum Gasteiger partial charge on any atom is -0.490 e. The third-order valence-corrected chi connectivity index (χ3v) is 4.84. The fraction of sp³-hybridized carbons (Fsp3) is 0.350. The zero-order valence-electron chi connectivity index (χ0n) is 14.9. The molecule has 2 aromatic rings. The van der Waals surface area contributed by atoms with E-state index in [1.807, 2.05) is 0 Å². The fourth-order valence-electron chi connectivity index (χ4n) is 3.27. The molecule has 150 valence electrons. The minimum atomic E-state index is -4.63. The highest BCUT2D eigenvalue weighted by Crippen LogP contribution is 2.33. The number of carbonyl (C=O) groups is 1. The van der Waals surface area contributed by atoms with Gasteiger partial charge in [0.1, 0.15) is 18.0 Å². The molecule has 1 amide bonds. The lowest BCUT2D eigenvalue weighted by Gasteiger charge is -2.39. The van der Waals surface area contributed by atoms with Gasteiger partial charge in [-0.15, -0.1) is 0 Å². The Morgan fingerprint density at radius 1 is 1.21 bits per heavy atom. The van der Waals surface area contributed by atoms with Gasteiger partial charge in [0, 0.05) is 11.6 Å². The van der Waals surface area contributed by atoms with E-state index in [0.717, 1.165) is 12.1 Å². The second kappa shape index (κ2) is 8.01. The van der Waals surface area contributed by atoms with Gasteiger partial charge in [-0.05, 0) is 43.2 Å². The Morgan fingerprint density at radius 2 is 1.96 bits per heavy atom. The van der Waals surface area contributed by atoms with E-state index in [9.17, 15) is 23.1 Å². The largest absolute Gasteiger partial charge is 0.490 e. The molecule has 3 rings (SSSR count). The predicted molar refractivity (Wildman–Crippen MR) is 98.5 cm³/mol. The molecule has 0 radical (unpaired) electrons. The van der Waals surface area contributed by atoms with Gasteiger partial charge in [-0.25, -0.2) is 0 Å². The summed E-state index contributed by atoms with van der Waals surface area (Å²) in [6, 6.07) is 11.3. The molecule has 28 heavy (non-hydrogen) atoms. The van der Waals surface area contributed by atoms with E-state index < -0.39 is 28.8 Å². The van der Waals surface area contributed by atoms with E-state index in [1.54, 1.807) is 24.3 Å². The summed E-state index contributed by atoms with van der Waals surface area (Å²) in [5.74, 6) is -0.291. The van der Waals surface area contributed by atoms with Crippen LogP contribution in [0.4, 0.5) is 13.2 Å². The second-order valence-corrected chi connectivity index (χ2v) is 7.28. The van der Waals surface area contributed by atoms with Crippen LogP contribution in [0.15, 0.2) is 48.5 Å². The van der Waals surface area contributed by atoms with Gasteiger partial charge in [-0.3, -0.25) is 4.79 Å². The molecule has 0 saturated carbocycles. The smallest absolute Gasteiger partial charge is 0.417 e. The Kier molecular flexibility index (Phi) is 5.86. The van der Waals surface area contributed by atoms with E-state index in [2.05, 4.69) is 0 Å². The molecule has 0 aromatic heterocycles. The predicted octanol–water partition coefficient (Wildman–Crippen LogP) is 4.40. The quantitative estimate of drug-likeness (QED) is 0.808. The van der Waals surface area contributed by atoms with Crippen LogP contribution in [-0.4, -0.2) is 41.2 Å². The number of hydrogen-bond acceptors (Lipinski definition) is 3. The monoisotopic (exact) mass is 413 g/mol. The molecule has 1 aliphatic heterocycles. The Morgan fingerprint density at radius 3 is 2.68 bits per heavy atom. The van der Waals surface area contributed by atoms with Crippen molar-refractivity contribution in [2.24, 2.45) is 0 Å². The van der Waals surface area contributed by atoms with E-state index >= 15 is 0 Å². The van der Waals surface area contributed by atoms with Gasteiger partial charge in [0.15, 0.2) is 0 Å². The van der Waals surface area contributed by atoms with Gasteiger partial charge in [0.2, 0.25) is 0 Å². The molecule has 0 spiro atoms. The Hall–Kier alpha value is -2.25. The highest BCUT2D eigenvalue weighted by molar-refractivity contribution is 6.30. The lowest BCUT2D eigenvalue weighted by Crippen LogP contribution is -2.53. The lowest BCUT2D eigenvalue weighted by molar-refractivity contribution is -0.138. The number of hydrogen-bond donors (Lipinski definition) is 1. The molecule has 1 fully saturated rings. The molecule has 0 aliphatic carbocycles. The number of benzene rings is 2. The van der Waals surface area contributed by atoms with Crippen LogP contribution in [0.2, 0.25) is 5.02 Å². The van der Waals surface area contributed by atoms with Crippen LogP contribution in [0, 0.1) is 0 Å². The van der Waals surface area contributed by atoms with E-state index in [4.69, 9.17) is 16.3 Å². The zero-order chi connectivity index (χ0) is 20.4. The summed E-state index contributed by atoms with van der Waals surface area (Å²) in [4.78, 5) is 14.0. The first-order chi connectivity index (χ1) is 13.2. The van der Waals surface area contributed by atoms with Crippen LogP contribution in [0.1, 0.15) is 28.8 Å². The van der Waals surface area contributed by atoms with Crippen LogP contribution in [0.25, 0.3) is 0 Å². The van der Waals surface area contributed by atoms with Gasteiger partial charge in [0.05, 0.1) is 17.7 Å². The van der Waals surface area contributed by atoms with Crippen LogP contribution in [0.5, 0.6) is 5.75 Å². The van der Waals surface area contributed by atoms with E-state index in [1.165, 1.54) is 17.0 Å². The van der Waals surface area contributed by atoms with Crippen LogP contribution < -0.4 is 4.74 Å². The number of piperidine rings is 1. The van der Waals surface area contributed by atoms with Crippen molar-refractivity contribution in [3.05, 3.63) is 64.7 Å². The van der Waals surface area contributed by atoms with Gasteiger partial charge < -0.3 is 14.7 Å². The van der Waals surface area contributed by atoms with Gasteiger partial charge in [-0.2, -0.15) is 13.2 Å². The van der Waals surface area contributed by atoms with Gasteiger partial charge in [-0.1, -0.05) is 29.8 Å². The number of carbonyl (C=O) groups excluding carboxylic acids is 1. The summed E-state index contributed by atoms with van der Waals surface area (Å²) in [7, 11) is 0. The topological polar surface area (TPSA) is 49.8 Å². The summed E-state index contributed by atoms with van der Waals surface area (Å²) in [5.41, 5.74) is -2.76. The van der Waals surface area contributed by atoms with Gasteiger partial charge >= 0.3 is 6.18 Å². The molecule has 0 bridgehead atoms. The molecule has 8 heteroatoms. The Labute approximate surface area is 165 Å². The molecule has 1 saturated heterocycles. The van der Waals surface area contributed by atoms with Crippen LogP contribution in [-0.2, 0) is 6.18 Å². The van der Waals surface area contributed by atoms with Crippen molar-refractivity contribution >= 4 is 17.5 Å². The standard InChI is InChI=1S/C20H19ClF3NO3/c21-14-5-3-6-15(11-14)28-13-19(27)9-4-10-25(12-19)18(26)16-7-1-2-8-17(16)20(22,23)24/h1-3,5-8,11,27H,4,9-10,12-13H2. The molecule has 1 atom stereocenters. The molecule has 1 unspecified atom stereocenters. The number of alkyl halides is 3. The first-order valence-corrected chi connectivity index (χ1v) is 9.12. The fourth-order valence-corrected chi connectivity index (χ4v) is 3.45. The molecule has 1 aliphatic rings. The molecule has 4 nitrogen and oxygen atoms in total. The zero-order valence-corrected chi connectivity index (χ0v) is 15.6. The van der Waals surface area contributed by atoms with Crippen molar-refractivity contribution in [2.75, 3.05) is 19.7 Å². The van der Waals surface area contributed by atoms with Crippen LogP contribution >= 0.6 is 11.6 Å². The number of rotatable bonds is 4. The van der Waals surface area contributed by atoms with Crippen molar-refractivity contribution in [3.63, 3.8) is 0 Å². The lowest BCUT2D eigenvalue weighted by atomic mass is 9.92. The summed E-state index contributed by atoms with van der Waals surface area (Å²) in [5, 5.41) is 11.3. The first-order valence-electron chi connectivity index (χ1n) is 8.74. The summed E-state index contributed by atoms with van der Waals surface area (Å²) >= 11 is 5.90. The number of amides is 1. The van der Waals surface area contributed by atoms with Crippen molar-refractivity contribution in [1.29, 1.82) is 0 Å². The Balaban J connectivity index is 1.73. The van der Waals surface area contributed by atoms with E-state index in [-0.39, 0.29) is 19.7 Å². The normalized spacial score (nSPS) is 20.1. The maximum absolute atomic E-state index is 13.2. The minimum absolute atomic E-state index is 0.0992. The first kappa shape index (κ1) is 20.5. The maximum atomic E-state index is 13.2. The summed E-state index contributed by atoms with van der Waals surface area (Å²) < 4.78 is 45.2. The van der Waals surface area contributed by atoms with Crippen molar-refractivity contribution in [1.82, 2.24) is 4.90 Å². The maximum Gasteiger partial charge on any atom is 0.417 e. The van der Waals surface area contributed by atoms with Crippen molar-refractivity contribution < 1.29 is 27.8 Å². The highest BCUT2D eigenvalue weighted by atomic mass is 35.5. The number of ether oxygens (including phenoxy) is 1. The third kappa shape index (κ3) is 4.77. The molecular weight excluding hydrogens is 395 g/mol. The number of nitrogens with zero attached hydrogens (tertiary/aromatic N) is 1. The average Bonchev–Trinajstić information content (AvgIpc) is 2.65. The Bertz CT molecular complexity index is 859. The third-order valence-electron chi connectivity index (χ3n) is 4.61. The average molecular weight is 414 g/mol.